The number of carbonyl (C=O) groups excluding carboxylic acids is 1. The molecule has 1 fully saturated rings. The molecule has 1 aliphatic heterocycles. The zero-order chi connectivity index (χ0) is 19.6. The first-order valence-electron chi connectivity index (χ1n) is 8.63. The second-order valence-corrected chi connectivity index (χ2v) is 8.13. The van der Waals surface area contributed by atoms with E-state index >= 15 is 0 Å². The number of nitrogens with zero attached hydrogens (tertiary/aromatic N) is 6. The Kier molecular flexibility index (Phi) is 4.84. The van der Waals surface area contributed by atoms with Crippen LogP contribution in [0.4, 0.5) is 5.82 Å². The first kappa shape index (κ1) is 18.2. The average molecular weight is 399 g/mol. The summed E-state index contributed by atoms with van der Waals surface area (Å²) in [6, 6.07) is 7.42. The standard InChI is InChI=1S/C17H17N7O3S/c25-17(22-15-9-16(20-11-19-15)24-12-18-10-21-24)13-3-5-14(6-4-13)28(26,27)23-7-1-2-8-23/h3-6,9-12H,1-2,7-8H2,(H,19,20,22,25). The van der Waals surface area contributed by atoms with Crippen molar-refractivity contribution in [2.45, 2.75) is 17.7 Å². The van der Waals surface area contributed by atoms with Crippen molar-refractivity contribution < 1.29 is 13.2 Å². The third kappa shape index (κ3) is 3.62. The molecular formula is C17H17N7O3S. The maximum absolute atomic E-state index is 12.6. The predicted octanol–water partition coefficient (Wildman–Crippen LogP) is 1.09. The second-order valence-electron chi connectivity index (χ2n) is 6.19. The SMILES string of the molecule is O=C(Nc1cc(-n2cncn2)ncn1)c1ccc(S(=O)(=O)N2CCCC2)cc1. The van der Waals surface area contributed by atoms with Gasteiger partial charge in [-0.05, 0) is 37.1 Å². The summed E-state index contributed by atoms with van der Waals surface area (Å²) in [6.45, 7) is 1.07. The zero-order valence-electron chi connectivity index (χ0n) is 14.8. The molecule has 0 aliphatic carbocycles. The number of sulfonamides is 1. The van der Waals surface area contributed by atoms with Crippen LogP contribution >= 0.6 is 0 Å². The van der Waals surface area contributed by atoms with Gasteiger partial charge in [0.2, 0.25) is 10.0 Å². The van der Waals surface area contributed by atoms with Crippen molar-refractivity contribution >= 4 is 21.7 Å². The molecule has 0 atom stereocenters. The summed E-state index contributed by atoms with van der Waals surface area (Å²) in [5.74, 6) is 0.336. The van der Waals surface area contributed by atoms with Gasteiger partial charge in [0.15, 0.2) is 5.82 Å². The lowest BCUT2D eigenvalue weighted by Gasteiger charge is -2.15. The highest BCUT2D eigenvalue weighted by molar-refractivity contribution is 7.89. The smallest absolute Gasteiger partial charge is 0.256 e. The maximum atomic E-state index is 12.6. The van der Waals surface area contributed by atoms with E-state index in [0.717, 1.165) is 12.8 Å². The van der Waals surface area contributed by atoms with E-state index in [0.29, 0.717) is 30.3 Å². The molecule has 28 heavy (non-hydrogen) atoms. The molecule has 1 aromatic carbocycles. The fourth-order valence-electron chi connectivity index (χ4n) is 2.91. The van der Waals surface area contributed by atoms with Crippen molar-refractivity contribution in [3.63, 3.8) is 0 Å². The third-order valence-electron chi connectivity index (χ3n) is 4.37. The number of carbonyl (C=O) groups is 1. The van der Waals surface area contributed by atoms with Gasteiger partial charge in [0.05, 0.1) is 4.90 Å². The molecule has 11 heteroatoms. The quantitative estimate of drug-likeness (QED) is 0.681. The van der Waals surface area contributed by atoms with Crippen LogP contribution in [0.3, 0.4) is 0 Å². The largest absolute Gasteiger partial charge is 0.306 e. The topological polar surface area (TPSA) is 123 Å². The molecule has 1 amide bonds. The Morgan fingerprint density at radius 3 is 2.46 bits per heavy atom. The highest BCUT2D eigenvalue weighted by atomic mass is 32.2. The van der Waals surface area contributed by atoms with Crippen LogP contribution in [0.5, 0.6) is 0 Å². The summed E-state index contributed by atoms with van der Waals surface area (Å²) >= 11 is 0. The van der Waals surface area contributed by atoms with Gasteiger partial charge in [-0.25, -0.2) is 28.1 Å². The maximum Gasteiger partial charge on any atom is 0.256 e. The molecular weight excluding hydrogens is 382 g/mol. The van der Waals surface area contributed by atoms with Gasteiger partial charge < -0.3 is 5.32 Å². The van der Waals surface area contributed by atoms with E-state index in [4.69, 9.17) is 0 Å². The highest BCUT2D eigenvalue weighted by Gasteiger charge is 2.27. The fraction of sp³-hybridized carbons (Fsp3) is 0.235. The van der Waals surface area contributed by atoms with Crippen LogP contribution < -0.4 is 5.32 Å². The van der Waals surface area contributed by atoms with E-state index in [1.54, 1.807) is 6.07 Å². The Morgan fingerprint density at radius 1 is 1.04 bits per heavy atom. The molecule has 1 saturated heterocycles. The van der Waals surface area contributed by atoms with Crippen LogP contribution in [-0.2, 0) is 10.0 Å². The Morgan fingerprint density at radius 2 is 1.79 bits per heavy atom. The minimum Gasteiger partial charge on any atom is -0.306 e. The number of rotatable bonds is 5. The lowest BCUT2D eigenvalue weighted by molar-refractivity contribution is 0.102. The minimum absolute atomic E-state index is 0.182. The summed E-state index contributed by atoms with van der Waals surface area (Å²) in [5.41, 5.74) is 0.321. The Balaban J connectivity index is 1.49. The molecule has 3 aromatic rings. The summed E-state index contributed by atoms with van der Waals surface area (Å²) in [5, 5.41) is 6.63. The van der Waals surface area contributed by atoms with Gasteiger partial charge in [-0.15, -0.1) is 0 Å². The fourth-order valence-corrected chi connectivity index (χ4v) is 4.43. The number of amides is 1. The molecule has 0 spiro atoms. The van der Waals surface area contributed by atoms with E-state index in [1.165, 1.54) is 52.2 Å². The van der Waals surface area contributed by atoms with Gasteiger partial charge in [0.25, 0.3) is 5.91 Å². The molecule has 1 aliphatic rings. The summed E-state index contributed by atoms with van der Waals surface area (Å²) in [6.07, 6.45) is 5.90. The zero-order valence-corrected chi connectivity index (χ0v) is 15.6. The van der Waals surface area contributed by atoms with Crippen molar-refractivity contribution in [1.82, 2.24) is 29.0 Å². The Bertz CT molecular complexity index is 1080. The second kappa shape index (κ2) is 7.44. The monoisotopic (exact) mass is 399 g/mol. The first-order valence-corrected chi connectivity index (χ1v) is 10.1. The Hall–Kier alpha value is -3.18. The normalized spacial score (nSPS) is 14.9. The van der Waals surface area contributed by atoms with E-state index < -0.39 is 15.9 Å². The molecule has 4 rings (SSSR count). The molecule has 0 unspecified atom stereocenters. The minimum atomic E-state index is -3.51. The number of nitrogens with one attached hydrogen (secondary N) is 1. The van der Waals surface area contributed by atoms with Crippen LogP contribution in [0.15, 0.2) is 54.2 Å². The van der Waals surface area contributed by atoms with Gasteiger partial charge in [-0.3, -0.25) is 4.79 Å². The summed E-state index contributed by atoms with van der Waals surface area (Å²) < 4.78 is 28.0. The van der Waals surface area contributed by atoms with E-state index in [2.05, 4.69) is 25.4 Å². The molecule has 3 heterocycles. The lowest BCUT2D eigenvalue weighted by atomic mass is 10.2. The van der Waals surface area contributed by atoms with E-state index in [9.17, 15) is 13.2 Å². The molecule has 144 valence electrons. The van der Waals surface area contributed by atoms with Crippen LogP contribution in [0.2, 0.25) is 0 Å². The Labute approximate surface area is 161 Å². The average Bonchev–Trinajstić information content (AvgIpc) is 3.42. The van der Waals surface area contributed by atoms with Crippen LogP contribution in [-0.4, -0.2) is 56.5 Å². The lowest BCUT2D eigenvalue weighted by Crippen LogP contribution is -2.27. The van der Waals surface area contributed by atoms with Gasteiger partial charge in [0.1, 0.15) is 24.8 Å². The van der Waals surface area contributed by atoms with Crippen molar-refractivity contribution in [1.29, 1.82) is 0 Å². The van der Waals surface area contributed by atoms with Gasteiger partial charge in [0, 0.05) is 24.7 Å². The van der Waals surface area contributed by atoms with Gasteiger partial charge in [-0.1, -0.05) is 0 Å². The summed E-state index contributed by atoms with van der Waals surface area (Å²) in [7, 11) is -3.51. The van der Waals surface area contributed by atoms with Gasteiger partial charge in [-0.2, -0.15) is 9.40 Å². The molecule has 10 nitrogen and oxygen atoms in total. The van der Waals surface area contributed by atoms with E-state index in [1.807, 2.05) is 0 Å². The van der Waals surface area contributed by atoms with Crippen LogP contribution in [0, 0.1) is 0 Å². The first-order chi connectivity index (χ1) is 13.5. The number of anilines is 1. The van der Waals surface area contributed by atoms with Crippen molar-refractivity contribution in [3.05, 3.63) is 54.9 Å². The number of aromatic nitrogens is 5. The number of benzene rings is 1. The molecule has 0 radical (unpaired) electrons. The predicted molar refractivity (Wildman–Crippen MR) is 99.3 cm³/mol. The van der Waals surface area contributed by atoms with Gasteiger partial charge >= 0.3 is 0 Å². The van der Waals surface area contributed by atoms with E-state index in [-0.39, 0.29) is 4.90 Å². The van der Waals surface area contributed by atoms with Crippen molar-refractivity contribution in [2.75, 3.05) is 18.4 Å². The molecule has 2 aromatic heterocycles. The third-order valence-corrected chi connectivity index (χ3v) is 6.28. The summed E-state index contributed by atoms with van der Waals surface area (Å²) in [4.78, 5) is 24.6. The van der Waals surface area contributed by atoms with Crippen molar-refractivity contribution in [2.24, 2.45) is 0 Å². The number of hydrogen-bond donors (Lipinski definition) is 1. The number of hydrogen-bond acceptors (Lipinski definition) is 7. The van der Waals surface area contributed by atoms with Crippen LogP contribution in [0.1, 0.15) is 23.2 Å². The molecule has 0 bridgehead atoms. The van der Waals surface area contributed by atoms with Crippen molar-refractivity contribution in [3.8, 4) is 5.82 Å². The highest BCUT2D eigenvalue weighted by Crippen LogP contribution is 2.21. The molecule has 0 saturated carbocycles. The molecule has 1 N–H and O–H groups in total. The van der Waals surface area contributed by atoms with Crippen LogP contribution in [0.25, 0.3) is 5.82 Å².